The van der Waals surface area contributed by atoms with Gasteiger partial charge in [-0.05, 0) is 62.0 Å². The van der Waals surface area contributed by atoms with E-state index in [1.54, 1.807) is 12.1 Å². The maximum atomic E-state index is 12.6. The number of carbonyl (C=O) groups excluding carboxylic acids is 1. The third-order valence-corrected chi connectivity index (χ3v) is 5.71. The van der Waals surface area contributed by atoms with Crippen LogP contribution in [0.4, 0.5) is 0 Å². The highest BCUT2D eigenvalue weighted by Crippen LogP contribution is 2.43. The van der Waals surface area contributed by atoms with Crippen molar-refractivity contribution in [2.24, 2.45) is 11.3 Å². The van der Waals surface area contributed by atoms with Crippen LogP contribution in [0.25, 0.3) is 0 Å². The molecule has 5 nitrogen and oxygen atoms in total. The molecule has 2 aliphatic heterocycles. The standard InChI is InChI=1S/C18H25ClN2O3/c1-13-8-15(19)2-3-16(13)24-11-17(23)21-9-14(10-22)18(12-21)4-6-20-7-5-18/h2-3,8,14,20,22H,4-7,9-12H2,1H3. The van der Waals surface area contributed by atoms with Gasteiger partial charge in [-0.2, -0.15) is 0 Å². The summed E-state index contributed by atoms with van der Waals surface area (Å²) in [4.78, 5) is 14.4. The molecule has 1 aromatic rings. The Balaban J connectivity index is 1.61. The highest BCUT2D eigenvalue weighted by Gasteiger charge is 2.47. The average Bonchev–Trinajstić information content (AvgIpc) is 2.92. The molecule has 0 radical (unpaired) electrons. The van der Waals surface area contributed by atoms with E-state index >= 15 is 0 Å². The zero-order valence-electron chi connectivity index (χ0n) is 14.1. The largest absolute Gasteiger partial charge is 0.483 e. The van der Waals surface area contributed by atoms with Gasteiger partial charge in [0.2, 0.25) is 0 Å². The Kier molecular flexibility index (Phi) is 5.33. The number of hydrogen-bond acceptors (Lipinski definition) is 4. The molecule has 1 atom stereocenters. The van der Waals surface area contributed by atoms with Gasteiger partial charge in [0.25, 0.3) is 5.91 Å². The predicted molar refractivity (Wildman–Crippen MR) is 93.4 cm³/mol. The number of likely N-dealkylation sites (tertiary alicyclic amines) is 1. The van der Waals surface area contributed by atoms with E-state index in [9.17, 15) is 9.90 Å². The summed E-state index contributed by atoms with van der Waals surface area (Å²) in [5.41, 5.74) is 0.978. The van der Waals surface area contributed by atoms with E-state index in [-0.39, 0.29) is 30.5 Å². The number of rotatable bonds is 4. The molecule has 0 aromatic heterocycles. The van der Waals surface area contributed by atoms with Crippen LogP contribution in [0.3, 0.4) is 0 Å². The Morgan fingerprint density at radius 1 is 1.46 bits per heavy atom. The number of hydrogen-bond donors (Lipinski definition) is 2. The highest BCUT2D eigenvalue weighted by atomic mass is 35.5. The van der Waals surface area contributed by atoms with Gasteiger partial charge in [0.15, 0.2) is 6.61 Å². The van der Waals surface area contributed by atoms with Gasteiger partial charge in [-0.1, -0.05) is 11.6 Å². The first-order valence-electron chi connectivity index (χ1n) is 8.52. The lowest BCUT2D eigenvalue weighted by Gasteiger charge is -2.37. The van der Waals surface area contributed by atoms with Crippen molar-refractivity contribution >= 4 is 17.5 Å². The molecule has 1 amide bonds. The second-order valence-corrected chi connectivity index (χ2v) is 7.40. The number of nitrogens with one attached hydrogen (secondary N) is 1. The van der Waals surface area contributed by atoms with Crippen LogP contribution in [0.2, 0.25) is 5.02 Å². The van der Waals surface area contributed by atoms with Crippen LogP contribution in [0.5, 0.6) is 5.75 Å². The molecule has 1 aromatic carbocycles. The third-order valence-electron chi connectivity index (χ3n) is 5.47. The van der Waals surface area contributed by atoms with Crippen LogP contribution in [-0.4, -0.2) is 55.3 Å². The van der Waals surface area contributed by atoms with Gasteiger partial charge in [-0.3, -0.25) is 4.79 Å². The number of aliphatic hydroxyl groups is 1. The highest BCUT2D eigenvalue weighted by molar-refractivity contribution is 6.30. The Labute approximate surface area is 147 Å². The second-order valence-electron chi connectivity index (χ2n) is 6.96. The lowest BCUT2D eigenvalue weighted by atomic mass is 9.71. The third kappa shape index (κ3) is 3.53. The van der Waals surface area contributed by atoms with E-state index in [1.165, 1.54) is 0 Å². The summed E-state index contributed by atoms with van der Waals surface area (Å²) >= 11 is 5.94. The first-order valence-corrected chi connectivity index (χ1v) is 8.90. The zero-order valence-corrected chi connectivity index (χ0v) is 14.8. The number of nitrogens with zero attached hydrogens (tertiary/aromatic N) is 1. The molecule has 0 aliphatic carbocycles. The van der Waals surface area contributed by atoms with E-state index in [1.807, 2.05) is 17.9 Å². The van der Waals surface area contributed by atoms with Crippen molar-refractivity contribution in [1.82, 2.24) is 10.2 Å². The van der Waals surface area contributed by atoms with Crippen LogP contribution in [0.15, 0.2) is 18.2 Å². The molecule has 3 rings (SSSR count). The summed E-state index contributed by atoms with van der Waals surface area (Å²) < 4.78 is 5.69. The molecular formula is C18H25ClN2O3. The number of amides is 1. The number of halogens is 1. The van der Waals surface area contributed by atoms with Crippen molar-refractivity contribution in [2.75, 3.05) is 39.4 Å². The van der Waals surface area contributed by atoms with Crippen LogP contribution >= 0.6 is 11.6 Å². The fourth-order valence-electron chi connectivity index (χ4n) is 3.97. The van der Waals surface area contributed by atoms with Gasteiger partial charge in [-0.15, -0.1) is 0 Å². The summed E-state index contributed by atoms with van der Waals surface area (Å²) in [6.07, 6.45) is 2.03. The van der Waals surface area contributed by atoms with Gasteiger partial charge in [0.05, 0.1) is 0 Å². The van der Waals surface area contributed by atoms with Gasteiger partial charge >= 0.3 is 0 Å². The van der Waals surface area contributed by atoms with Crippen molar-refractivity contribution < 1.29 is 14.6 Å². The fourth-order valence-corrected chi connectivity index (χ4v) is 4.20. The van der Waals surface area contributed by atoms with Crippen molar-refractivity contribution in [1.29, 1.82) is 0 Å². The number of benzene rings is 1. The lowest BCUT2D eigenvalue weighted by Crippen LogP contribution is -2.43. The molecule has 132 valence electrons. The zero-order chi connectivity index (χ0) is 17.2. The maximum absolute atomic E-state index is 12.6. The number of piperidine rings is 1. The minimum atomic E-state index is -0.0155. The van der Waals surface area contributed by atoms with Crippen molar-refractivity contribution in [3.63, 3.8) is 0 Å². The molecule has 6 heteroatoms. The fraction of sp³-hybridized carbons (Fsp3) is 0.611. The minimum Gasteiger partial charge on any atom is -0.483 e. The van der Waals surface area contributed by atoms with E-state index in [2.05, 4.69) is 5.32 Å². The van der Waals surface area contributed by atoms with Crippen molar-refractivity contribution in [2.45, 2.75) is 19.8 Å². The van der Waals surface area contributed by atoms with E-state index in [4.69, 9.17) is 16.3 Å². The molecule has 1 spiro atoms. The molecule has 2 N–H and O–H groups in total. The van der Waals surface area contributed by atoms with Gasteiger partial charge in [0.1, 0.15) is 5.75 Å². The number of carbonyl (C=O) groups is 1. The van der Waals surface area contributed by atoms with Gasteiger partial charge in [0, 0.05) is 30.6 Å². The van der Waals surface area contributed by atoms with Crippen LogP contribution in [-0.2, 0) is 4.79 Å². The summed E-state index contributed by atoms with van der Waals surface area (Å²) in [5.74, 6) is 0.835. The van der Waals surface area contributed by atoms with Gasteiger partial charge in [-0.25, -0.2) is 0 Å². The SMILES string of the molecule is Cc1cc(Cl)ccc1OCC(=O)N1CC(CO)C2(CCNCC2)C1. The number of aryl methyl sites for hydroxylation is 1. The van der Waals surface area contributed by atoms with E-state index < -0.39 is 0 Å². The molecule has 2 heterocycles. The topological polar surface area (TPSA) is 61.8 Å². The van der Waals surface area contributed by atoms with Crippen LogP contribution in [0, 0.1) is 18.3 Å². The number of aliphatic hydroxyl groups excluding tert-OH is 1. The van der Waals surface area contributed by atoms with E-state index in [0.717, 1.165) is 38.0 Å². The maximum Gasteiger partial charge on any atom is 0.260 e. The molecule has 2 fully saturated rings. The van der Waals surface area contributed by atoms with Crippen molar-refractivity contribution in [3.8, 4) is 5.75 Å². The normalized spacial score (nSPS) is 22.8. The predicted octanol–water partition coefficient (Wildman–Crippen LogP) is 1.85. The van der Waals surface area contributed by atoms with Crippen LogP contribution in [0.1, 0.15) is 18.4 Å². The first-order chi connectivity index (χ1) is 11.5. The summed E-state index contributed by atoms with van der Waals surface area (Å²) in [5, 5.41) is 13.8. The Morgan fingerprint density at radius 3 is 2.88 bits per heavy atom. The van der Waals surface area contributed by atoms with Gasteiger partial charge < -0.3 is 20.1 Å². The molecule has 2 saturated heterocycles. The smallest absolute Gasteiger partial charge is 0.260 e. The van der Waals surface area contributed by atoms with E-state index in [0.29, 0.717) is 17.3 Å². The van der Waals surface area contributed by atoms with Crippen LogP contribution < -0.4 is 10.1 Å². The Bertz CT molecular complexity index is 602. The number of ether oxygens (including phenoxy) is 1. The lowest BCUT2D eigenvalue weighted by molar-refractivity contribution is -0.132. The molecule has 2 aliphatic rings. The molecular weight excluding hydrogens is 328 g/mol. The quantitative estimate of drug-likeness (QED) is 0.868. The van der Waals surface area contributed by atoms with Crippen molar-refractivity contribution in [3.05, 3.63) is 28.8 Å². The molecule has 0 saturated carbocycles. The molecule has 24 heavy (non-hydrogen) atoms. The summed E-state index contributed by atoms with van der Waals surface area (Å²) in [7, 11) is 0. The molecule has 0 bridgehead atoms. The molecule has 1 unspecified atom stereocenters. The minimum absolute atomic E-state index is 0.0155. The second kappa shape index (κ2) is 7.30. The first kappa shape index (κ1) is 17.5. The Hall–Kier alpha value is -1.30. The Morgan fingerprint density at radius 2 is 2.21 bits per heavy atom. The average molecular weight is 353 g/mol. The summed E-state index contributed by atoms with van der Waals surface area (Å²) in [6, 6.07) is 5.37. The monoisotopic (exact) mass is 352 g/mol. The summed E-state index contributed by atoms with van der Waals surface area (Å²) in [6.45, 7) is 5.33.